The zero-order chi connectivity index (χ0) is 16.3. The van der Waals surface area contributed by atoms with Crippen LogP contribution in [-0.2, 0) is 9.59 Å². The minimum absolute atomic E-state index is 0.174. The molecular formula is C15H17FN2O4. The third-order valence-electron chi connectivity index (χ3n) is 3.60. The van der Waals surface area contributed by atoms with E-state index < -0.39 is 24.2 Å². The van der Waals surface area contributed by atoms with Crippen LogP contribution in [0.1, 0.15) is 36.5 Å². The molecule has 118 valence electrons. The molecule has 1 aromatic carbocycles. The van der Waals surface area contributed by atoms with Gasteiger partial charge in [0.1, 0.15) is 12.4 Å². The van der Waals surface area contributed by atoms with Gasteiger partial charge in [-0.15, -0.1) is 0 Å². The zero-order valence-corrected chi connectivity index (χ0v) is 12.1. The molecule has 0 spiro atoms. The van der Waals surface area contributed by atoms with Crippen LogP contribution in [0.4, 0.5) is 10.1 Å². The molecule has 0 aliphatic heterocycles. The van der Waals surface area contributed by atoms with E-state index in [0.717, 1.165) is 12.5 Å². The number of hydrogen-bond acceptors (Lipinski definition) is 3. The number of benzene rings is 1. The molecule has 1 aliphatic carbocycles. The van der Waals surface area contributed by atoms with E-state index in [9.17, 15) is 18.8 Å². The highest BCUT2D eigenvalue weighted by molar-refractivity contribution is 5.98. The van der Waals surface area contributed by atoms with Crippen LogP contribution in [0.15, 0.2) is 18.2 Å². The number of carboxylic acid groups (broad SMARTS) is 1. The van der Waals surface area contributed by atoms with Gasteiger partial charge in [0, 0.05) is 18.7 Å². The number of carbonyl (C=O) groups excluding carboxylic acids is 2. The predicted octanol–water partition coefficient (Wildman–Crippen LogP) is 1.86. The average molecular weight is 308 g/mol. The normalized spacial score (nSPS) is 14.1. The lowest BCUT2D eigenvalue weighted by molar-refractivity contribution is -0.138. The van der Waals surface area contributed by atoms with E-state index in [-0.39, 0.29) is 17.5 Å². The van der Waals surface area contributed by atoms with Gasteiger partial charge in [-0.25, -0.2) is 4.39 Å². The molecule has 0 bridgehead atoms. The number of hydrogen-bond donors (Lipinski definition) is 2. The van der Waals surface area contributed by atoms with Gasteiger partial charge < -0.3 is 15.3 Å². The monoisotopic (exact) mass is 308 g/mol. The van der Waals surface area contributed by atoms with Crippen molar-refractivity contribution in [1.29, 1.82) is 0 Å². The second-order valence-corrected chi connectivity index (χ2v) is 5.29. The fraction of sp³-hybridized carbons (Fsp3) is 0.400. The number of carboxylic acids is 1. The summed E-state index contributed by atoms with van der Waals surface area (Å²) in [6.07, 6.45) is 2.35. The third-order valence-corrected chi connectivity index (χ3v) is 3.60. The molecule has 1 aliphatic rings. The smallest absolute Gasteiger partial charge is 0.323 e. The van der Waals surface area contributed by atoms with Gasteiger partial charge in [0.15, 0.2) is 0 Å². The molecule has 0 radical (unpaired) electrons. The van der Waals surface area contributed by atoms with Gasteiger partial charge in [-0.2, -0.15) is 0 Å². The summed E-state index contributed by atoms with van der Waals surface area (Å²) in [5.74, 6) is -2.89. The molecule has 0 unspecified atom stereocenters. The first-order valence-corrected chi connectivity index (χ1v) is 6.98. The summed E-state index contributed by atoms with van der Waals surface area (Å²) >= 11 is 0. The molecule has 2 N–H and O–H groups in total. The van der Waals surface area contributed by atoms with Crippen molar-refractivity contribution in [2.75, 3.05) is 11.9 Å². The highest BCUT2D eigenvalue weighted by Gasteiger charge is 2.32. The molecule has 0 aromatic heterocycles. The first-order valence-electron chi connectivity index (χ1n) is 6.98. The van der Waals surface area contributed by atoms with Crippen LogP contribution < -0.4 is 5.32 Å². The lowest BCUT2D eigenvalue weighted by atomic mass is 9.91. The lowest BCUT2D eigenvalue weighted by Gasteiger charge is -2.36. The van der Waals surface area contributed by atoms with Crippen LogP contribution in [-0.4, -0.2) is 40.4 Å². The average Bonchev–Trinajstić information content (AvgIpc) is 2.36. The van der Waals surface area contributed by atoms with Gasteiger partial charge in [-0.1, -0.05) is 0 Å². The first kappa shape index (κ1) is 15.9. The molecule has 1 saturated carbocycles. The summed E-state index contributed by atoms with van der Waals surface area (Å²) in [6.45, 7) is 0.837. The molecule has 0 saturated heterocycles. The molecule has 6 nitrogen and oxygen atoms in total. The number of carbonyl (C=O) groups is 3. The van der Waals surface area contributed by atoms with Crippen LogP contribution in [0.2, 0.25) is 0 Å². The molecule has 2 amide bonds. The van der Waals surface area contributed by atoms with Crippen molar-refractivity contribution < 1.29 is 23.9 Å². The van der Waals surface area contributed by atoms with Crippen LogP contribution in [0.3, 0.4) is 0 Å². The number of amides is 2. The summed E-state index contributed by atoms with van der Waals surface area (Å²) in [6, 6.07) is 3.48. The Kier molecular flexibility index (Phi) is 4.75. The Bertz CT molecular complexity index is 614. The molecule has 7 heteroatoms. The van der Waals surface area contributed by atoms with Crippen molar-refractivity contribution >= 4 is 23.5 Å². The maximum absolute atomic E-state index is 13.9. The van der Waals surface area contributed by atoms with Gasteiger partial charge in [0.25, 0.3) is 5.91 Å². The maximum atomic E-state index is 13.9. The molecule has 1 aromatic rings. The van der Waals surface area contributed by atoms with Crippen molar-refractivity contribution in [3.63, 3.8) is 0 Å². The van der Waals surface area contributed by atoms with Crippen LogP contribution in [0.25, 0.3) is 0 Å². The van der Waals surface area contributed by atoms with Crippen molar-refractivity contribution in [2.24, 2.45) is 0 Å². The molecule has 0 heterocycles. The summed E-state index contributed by atoms with van der Waals surface area (Å²) in [5.41, 5.74) is 0.0561. The summed E-state index contributed by atoms with van der Waals surface area (Å²) in [5, 5.41) is 11.4. The second kappa shape index (κ2) is 6.55. The number of nitrogens with one attached hydrogen (secondary N) is 1. The minimum atomic E-state index is -1.14. The summed E-state index contributed by atoms with van der Waals surface area (Å²) < 4.78 is 13.9. The van der Waals surface area contributed by atoms with E-state index in [1.807, 2.05) is 0 Å². The third kappa shape index (κ3) is 3.60. The Morgan fingerprint density at radius 1 is 1.36 bits per heavy atom. The topological polar surface area (TPSA) is 86.7 Å². The molecule has 0 atom stereocenters. The number of aliphatic carboxylic acids is 1. The van der Waals surface area contributed by atoms with Gasteiger partial charge in [-0.05, 0) is 37.5 Å². The number of nitrogens with zero attached hydrogens (tertiary/aromatic N) is 1. The van der Waals surface area contributed by atoms with Crippen LogP contribution >= 0.6 is 0 Å². The SMILES string of the molecule is CC(=O)Nc1ccc(F)c(C(=O)N(CC(=O)O)C2CCC2)c1. The van der Waals surface area contributed by atoms with E-state index in [1.54, 1.807) is 0 Å². The Morgan fingerprint density at radius 3 is 2.55 bits per heavy atom. The quantitative estimate of drug-likeness (QED) is 0.869. The summed E-state index contributed by atoms with van der Waals surface area (Å²) in [4.78, 5) is 35.7. The number of halogens is 1. The van der Waals surface area contributed by atoms with E-state index >= 15 is 0 Å². The van der Waals surface area contributed by atoms with Crippen LogP contribution in [0.5, 0.6) is 0 Å². The number of rotatable bonds is 5. The highest BCUT2D eigenvalue weighted by atomic mass is 19.1. The van der Waals surface area contributed by atoms with E-state index in [2.05, 4.69) is 5.32 Å². The van der Waals surface area contributed by atoms with E-state index in [1.165, 1.54) is 24.0 Å². The summed E-state index contributed by atoms with van der Waals surface area (Å²) in [7, 11) is 0. The van der Waals surface area contributed by atoms with Gasteiger partial charge in [0.05, 0.1) is 5.56 Å². The lowest BCUT2D eigenvalue weighted by Crippen LogP contribution is -2.47. The fourth-order valence-electron chi connectivity index (χ4n) is 2.34. The van der Waals surface area contributed by atoms with Crippen molar-refractivity contribution in [2.45, 2.75) is 32.2 Å². The highest BCUT2D eigenvalue weighted by Crippen LogP contribution is 2.27. The Labute approximate surface area is 126 Å². The van der Waals surface area contributed by atoms with Crippen molar-refractivity contribution in [1.82, 2.24) is 4.90 Å². The molecule has 2 rings (SSSR count). The van der Waals surface area contributed by atoms with Crippen LogP contribution in [0, 0.1) is 5.82 Å². The number of anilines is 1. The van der Waals surface area contributed by atoms with Gasteiger partial charge in [-0.3, -0.25) is 14.4 Å². The molecule has 22 heavy (non-hydrogen) atoms. The minimum Gasteiger partial charge on any atom is -0.480 e. The first-order chi connectivity index (χ1) is 10.4. The predicted molar refractivity (Wildman–Crippen MR) is 77.0 cm³/mol. The van der Waals surface area contributed by atoms with E-state index in [0.29, 0.717) is 18.5 Å². The zero-order valence-electron chi connectivity index (χ0n) is 12.1. The Hall–Kier alpha value is -2.44. The van der Waals surface area contributed by atoms with E-state index in [4.69, 9.17) is 5.11 Å². The van der Waals surface area contributed by atoms with Crippen molar-refractivity contribution in [3.05, 3.63) is 29.6 Å². The van der Waals surface area contributed by atoms with Gasteiger partial charge >= 0.3 is 5.97 Å². The molecule has 1 fully saturated rings. The maximum Gasteiger partial charge on any atom is 0.323 e. The van der Waals surface area contributed by atoms with Gasteiger partial charge in [0.2, 0.25) is 5.91 Å². The largest absolute Gasteiger partial charge is 0.480 e. The second-order valence-electron chi connectivity index (χ2n) is 5.29. The fourth-order valence-corrected chi connectivity index (χ4v) is 2.34. The standard InChI is InChI=1S/C15H17FN2O4/c1-9(19)17-10-5-6-13(16)12(7-10)15(22)18(8-14(20)21)11-3-2-4-11/h5-7,11H,2-4,8H2,1H3,(H,17,19)(H,20,21). The van der Waals surface area contributed by atoms with Crippen molar-refractivity contribution in [3.8, 4) is 0 Å². The molecular weight excluding hydrogens is 291 g/mol. The Balaban J connectivity index is 2.28. The Morgan fingerprint density at radius 2 is 2.05 bits per heavy atom.